The van der Waals surface area contributed by atoms with Crippen LogP contribution in [0.1, 0.15) is 30.6 Å². The zero-order chi connectivity index (χ0) is 26.9. The molecule has 4 N–H and O–H groups in total. The summed E-state index contributed by atoms with van der Waals surface area (Å²) in [7, 11) is -4.64. The smallest absolute Gasteiger partial charge is 0.345 e. The molecule has 1 aromatic carbocycles. The molecule has 0 saturated heterocycles. The maximum Gasteiger partial charge on any atom is 0.345 e. The van der Waals surface area contributed by atoms with E-state index in [9.17, 15) is 42.3 Å². The Morgan fingerprint density at radius 1 is 1.05 bits per heavy atom. The molecule has 3 aromatic heterocycles. The quantitative estimate of drug-likeness (QED) is 0.136. The number of unbranched alkanes of at least 4 members (excludes halogenated alkanes) is 2. The average Bonchev–Trinajstić information content (AvgIpc) is 3.37. The zero-order valence-electron chi connectivity index (χ0n) is 18.9. The lowest BCUT2D eigenvalue weighted by molar-refractivity contribution is -0.145. The summed E-state index contributed by atoms with van der Waals surface area (Å²) in [5.74, 6) is -2.87. The van der Waals surface area contributed by atoms with Gasteiger partial charge in [-0.1, -0.05) is 6.42 Å². The van der Waals surface area contributed by atoms with Gasteiger partial charge < -0.3 is 24.6 Å². The zero-order valence-corrected chi connectivity index (χ0v) is 20.5. The molecule has 37 heavy (non-hydrogen) atoms. The number of thiophene rings is 1. The third-order valence-corrected chi connectivity index (χ3v) is 7.65. The van der Waals surface area contributed by atoms with Crippen molar-refractivity contribution < 1.29 is 46.7 Å². The summed E-state index contributed by atoms with van der Waals surface area (Å²) in [4.78, 5) is 29.2. The van der Waals surface area contributed by atoms with Gasteiger partial charge in [0.15, 0.2) is 0 Å². The predicted molar refractivity (Wildman–Crippen MR) is 129 cm³/mol. The number of aromatic nitrogens is 1. The second kappa shape index (κ2) is 10.2. The van der Waals surface area contributed by atoms with Crippen LogP contribution < -0.4 is 10.5 Å². The Morgan fingerprint density at radius 3 is 2.43 bits per heavy atom. The SMILES string of the molecule is O=C(CCCCCc1sc(-c2cc3c(F)cc(O)cc3oc2=O)cc1S(=O)(=O)O)On1c(O)ccc1O. The summed E-state index contributed by atoms with van der Waals surface area (Å²) in [6, 6.07) is 6.51. The summed E-state index contributed by atoms with van der Waals surface area (Å²) < 4.78 is 53.5. The van der Waals surface area contributed by atoms with Crippen molar-refractivity contribution in [2.75, 3.05) is 0 Å². The summed E-state index contributed by atoms with van der Waals surface area (Å²) in [5.41, 5.74) is -1.18. The molecule has 4 rings (SSSR count). The first-order valence-corrected chi connectivity index (χ1v) is 13.1. The molecule has 3 heterocycles. The van der Waals surface area contributed by atoms with Crippen LogP contribution in [-0.2, 0) is 21.3 Å². The molecule has 0 bridgehead atoms. The third kappa shape index (κ3) is 5.76. The van der Waals surface area contributed by atoms with Gasteiger partial charge >= 0.3 is 11.6 Å². The van der Waals surface area contributed by atoms with Gasteiger partial charge in [0.2, 0.25) is 11.8 Å². The molecule has 0 aliphatic heterocycles. The minimum absolute atomic E-state index is 0.0445. The summed E-state index contributed by atoms with van der Waals surface area (Å²) in [6.07, 6.45) is 1.37. The molecule has 0 fully saturated rings. The number of benzene rings is 1. The highest BCUT2D eigenvalue weighted by molar-refractivity contribution is 7.86. The number of nitrogens with zero attached hydrogens (tertiary/aromatic N) is 1. The Kier molecular flexibility index (Phi) is 7.25. The van der Waals surface area contributed by atoms with E-state index >= 15 is 0 Å². The van der Waals surface area contributed by atoms with Crippen LogP contribution in [0, 0.1) is 5.82 Å². The highest BCUT2D eigenvalue weighted by Gasteiger charge is 2.22. The maximum atomic E-state index is 14.3. The van der Waals surface area contributed by atoms with Crippen LogP contribution in [0.25, 0.3) is 21.4 Å². The lowest BCUT2D eigenvalue weighted by Gasteiger charge is -2.06. The van der Waals surface area contributed by atoms with Crippen molar-refractivity contribution in [1.29, 1.82) is 0 Å². The number of rotatable bonds is 9. The average molecular weight is 554 g/mol. The van der Waals surface area contributed by atoms with Gasteiger partial charge in [-0.25, -0.2) is 14.0 Å². The molecule has 196 valence electrons. The molecule has 0 unspecified atom stereocenters. The van der Waals surface area contributed by atoms with E-state index in [2.05, 4.69) is 0 Å². The van der Waals surface area contributed by atoms with Crippen molar-refractivity contribution in [2.24, 2.45) is 0 Å². The fraction of sp³-hybridized carbons (Fsp3) is 0.217. The molecular weight excluding hydrogens is 533 g/mol. The molecule has 14 heteroatoms. The molecule has 0 amide bonds. The van der Waals surface area contributed by atoms with Crippen LogP contribution in [0.3, 0.4) is 0 Å². The number of phenols is 1. The van der Waals surface area contributed by atoms with E-state index in [0.717, 1.165) is 41.7 Å². The highest BCUT2D eigenvalue weighted by Crippen LogP contribution is 2.35. The Hall–Kier alpha value is -3.88. The molecule has 0 aliphatic rings. The Morgan fingerprint density at radius 2 is 1.76 bits per heavy atom. The monoisotopic (exact) mass is 553 g/mol. The van der Waals surface area contributed by atoms with Crippen molar-refractivity contribution >= 4 is 38.4 Å². The number of hydrogen-bond donors (Lipinski definition) is 4. The minimum atomic E-state index is -4.64. The Balaban J connectivity index is 1.46. The Labute approximate surface area is 212 Å². The molecular formula is C23H20FNO10S2. The Bertz CT molecular complexity index is 1630. The number of aromatic hydroxyl groups is 3. The second-order valence-electron chi connectivity index (χ2n) is 8.03. The second-order valence-corrected chi connectivity index (χ2v) is 10.6. The molecule has 0 aliphatic carbocycles. The largest absolute Gasteiger partial charge is 0.508 e. The van der Waals surface area contributed by atoms with Crippen molar-refractivity contribution in [3.63, 3.8) is 0 Å². The number of carbonyl (C=O) groups excluding carboxylic acids is 1. The topological polar surface area (TPSA) is 176 Å². The third-order valence-electron chi connectivity index (χ3n) is 5.38. The maximum absolute atomic E-state index is 14.3. The summed E-state index contributed by atoms with van der Waals surface area (Å²) in [5, 5.41) is 28.4. The van der Waals surface area contributed by atoms with Gasteiger partial charge in [-0.15, -0.1) is 16.1 Å². The van der Waals surface area contributed by atoms with Crippen LogP contribution >= 0.6 is 11.3 Å². The van der Waals surface area contributed by atoms with Crippen LogP contribution in [-0.4, -0.2) is 39.0 Å². The van der Waals surface area contributed by atoms with Gasteiger partial charge in [0.1, 0.15) is 22.0 Å². The van der Waals surface area contributed by atoms with E-state index in [-0.39, 0.29) is 39.1 Å². The summed E-state index contributed by atoms with van der Waals surface area (Å²) >= 11 is 0.920. The number of hydrogen-bond acceptors (Lipinski definition) is 10. The van der Waals surface area contributed by atoms with E-state index in [4.69, 9.17) is 9.25 Å². The number of halogens is 1. The first kappa shape index (κ1) is 26.2. The minimum Gasteiger partial charge on any atom is -0.508 e. The molecule has 0 atom stereocenters. The van der Waals surface area contributed by atoms with Crippen LogP contribution in [0.4, 0.5) is 4.39 Å². The number of phenolic OH excluding ortho intramolecular Hbond substituents is 1. The molecule has 11 nitrogen and oxygen atoms in total. The summed E-state index contributed by atoms with van der Waals surface area (Å²) in [6.45, 7) is 0. The number of aryl methyl sites for hydroxylation is 1. The van der Waals surface area contributed by atoms with Crippen LogP contribution in [0.5, 0.6) is 17.5 Å². The first-order chi connectivity index (χ1) is 17.4. The van der Waals surface area contributed by atoms with Gasteiger partial charge in [0.05, 0.1) is 10.9 Å². The van der Waals surface area contributed by atoms with E-state index < -0.39 is 49.9 Å². The lowest BCUT2D eigenvalue weighted by atomic mass is 10.1. The number of carbonyl (C=O) groups is 1. The van der Waals surface area contributed by atoms with E-state index in [1.165, 1.54) is 6.07 Å². The van der Waals surface area contributed by atoms with E-state index in [0.29, 0.717) is 24.0 Å². The molecule has 4 aromatic rings. The van der Waals surface area contributed by atoms with Crippen LogP contribution in [0.2, 0.25) is 0 Å². The van der Waals surface area contributed by atoms with E-state index in [1.807, 2.05) is 0 Å². The lowest BCUT2D eigenvalue weighted by Crippen LogP contribution is -2.18. The van der Waals surface area contributed by atoms with Crippen molar-refractivity contribution in [3.05, 3.63) is 57.5 Å². The first-order valence-electron chi connectivity index (χ1n) is 10.8. The fourth-order valence-corrected chi connectivity index (χ4v) is 5.92. The standard InChI is InChI=1S/C23H20FNO10S2/c24-15-8-12(26)9-16-13(15)10-14(23(30)34-16)18-11-19(37(31,32)33)17(36-18)4-2-1-3-5-22(29)35-25-20(27)6-7-21(25)28/h6-11,26-28H,1-5H2,(H,31,32,33). The molecule has 0 radical (unpaired) electrons. The normalized spacial score (nSPS) is 11.7. The van der Waals surface area contributed by atoms with Gasteiger partial charge in [-0.05, 0) is 31.4 Å². The number of fused-ring (bicyclic) bond motifs is 1. The fourth-order valence-electron chi connectivity index (χ4n) is 3.65. The van der Waals surface area contributed by atoms with Crippen LogP contribution in [0.15, 0.2) is 50.5 Å². The van der Waals surface area contributed by atoms with Crippen molar-refractivity contribution in [1.82, 2.24) is 4.73 Å². The van der Waals surface area contributed by atoms with Crippen molar-refractivity contribution in [3.8, 4) is 28.0 Å². The predicted octanol–water partition coefficient (Wildman–Crippen LogP) is 3.58. The van der Waals surface area contributed by atoms with Gasteiger partial charge in [0.25, 0.3) is 10.1 Å². The van der Waals surface area contributed by atoms with E-state index in [1.54, 1.807) is 0 Å². The van der Waals surface area contributed by atoms with Gasteiger partial charge in [-0.2, -0.15) is 8.42 Å². The van der Waals surface area contributed by atoms with Gasteiger partial charge in [-0.3, -0.25) is 4.55 Å². The molecule has 0 saturated carbocycles. The van der Waals surface area contributed by atoms with Gasteiger partial charge in [0, 0.05) is 40.4 Å². The van der Waals surface area contributed by atoms with Crippen molar-refractivity contribution in [2.45, 2.75) is 37.0 Å². The molecule has 0 spiro atoms. The highest BCUT2D eigenvalue weighted by atomic mass is 32.2.